The van der Waals surface area contributed by atoms with E-state index in [4.69, 9.17) is 14.7 Å². The fourth-order valence-corrected chi connectivity index (χ4v) is 2.17. The number of esters is 1. The number of nitriles is 1. The molecule has 9 heteroatoms. The zero-order valence-electron chi connectivity index (χ0n) is 14.8. The molecule has 0 bridgehead atoms. The number of hydrogen-bond acceptors (Lipinski definition) is 6. The van der Waals surface area contributed by atoms with Gasteiger partial charge in [0, 0.05) is 5.69 Å². The number of ether oxygens (including phenoxy) is 3. The van der Waals surface area contributed by atoms with Gasteiger partial charge in [0.25, 0.3) is 5.91 Å². The lowest BCUT2D eigenvalue weighted by Crippen LogP contribution is -2.21. The van der Waals surface area contributed by atoms with Crippen molar-refractivity contribution in [3.63, 3.8) is 0 Å². The van der Waals surface area contributed by atoms with E-state index in [2.05, 4.69) is 10.1 Å². The molecular formula is C19H16F2N2O5. The summed E-state index contributed by atoms with van der Waals surface area (Å²) in [6.45, 7) is -1.81. The summed E-state index contributed by atoms with van der Waals surface area (Å²) in [5.74, 6) is -1.71. The third-order valence-electron chi connectivity index (χ3n) is 3.31. The molecule has 1 N–H and O–H groups in total. The zero-order valence-corrected chi connectivity index (χ0v) is 14.8. The maximum atomic E-state index is 12.4. The smallest absolute Gasteiger partial charge is 0.387 e. The van der Waals surface area contributed by atoms with Gasteiger partial charge in [-0.2, -0.15) is 14.0 Å². The lowest BCUT2D eigenvalue weighted by Gasteiger charge is -2.12. The second-order valence-corrected chi connectivity index (χ2v) is 5.29. The number of carbonyl (C=O) groups is 2. The van der Waals surface area contributed by atoms with E-state index < -0.39 is 25.1 Å². The van der Waals surface area contributed by atoms with Crippen molar-refractivity contribution in [2.45, 2.75) is 13.5 Å². The molecule has 0 atom stereocenters. The van der Waals surface area contributed by atoms with Crippen molar-refractivity contribution in [3.05, 3.63) is 53.6 Å². The number of amides is 1. The van der Waals surface area contributed by atoms with Crippen LogP contribution in [0.2, 0.25) is 0 Å². The molecule has 0 aromatic heterocycles. The van der Waals surface area contributed by atoms with Crippen LogP contribution in [0.5, 0.6) is 11.5 Å². The molecule has 7 nitrogen and oxygen atoms in total. The lowest BCUT2D eigenvalue weighted by molar-refractivity contribution is -0.119. The third kappa shape index (κ3) is 5.95. The minimum absolute atomic E-state index is 0.00402. The normalized spacial score (nSPS) is 10.1. The Balaban J connectivity index is 1.99. The van der Waals surface area contributed by atoms with Gasteiger partial charge in [0.05, 0.1) is 23.8 Å². The summed E-state index contributed by atoms with van der Waals surface area (Å²) in [5.41, 5.74) is 0.751. The van der Waals surface area contributed by atoms with Crippen LogP contribution in [0.25, 0.3) is 0 Å². The Morgan fingerprint density at radius 2 is 1.96 bits per heavy atom. The number of hydrogen-bond donors (Lipinski definition) is 1. The van der Waals surface area contributed by atoms with Gasteiger partial charge in [-0.1, -0.05) is 6.07 Å². The van der Waals surface area contributed by atoms with Crippen molar-refractivity contribution in [2.75, 3.05) is 18.5 Å². The molecule has 0 spiro atoms. The van der Waals surface area contributed by atoms with Crippen molar-refractivity contribution in [1.82, 2.24) is 0 Å². The second kappa shape index (κ2) is 9.87. The monoisotopic (exact) mass is 390 g/mol. The lowest BCUT2D eigenvalue weighted by atomic mass is 10.2. The van der Waals surface area contributed by atoms with Gasteiger partial charge < -0.3 is 19.5 Å². The molecule has 0 fully saturated rings. The number of nitrogens with zero attached hydrogens (tertiary/aromatic N) is 1. The molecule has 146 valence electrons. The van der Waals surface area contributed by atoms with Crippen molar-refractivity contribution in [3.8, 4) is 17.6 Å². The van der Waals surface area contributed by atoms with Crippen molar-refractivity contribution in [2.24, 2.45) is 0 Å². The summed E-state index contributed by atoms with van der Waals surface area (Å²) >= 11 is 0. The molecular weight excluding hydrogens is 374 g/mol. The molecule has 1 amide bonds. The van der Waals surface area contributed by atoms with Gasteiger partial charge in [-0.15, -0.1) is 0 Å². The topological polar surface area (TPSA) is 97.6 Å². The number of halogens is 2. The Morgan fingerprint density at radius 3 is 2.64 bits per heavy atom. The Labute approximate surface area is 159 Å². The van der Waals surface area contributed by atoms with E-state index in [9.17, 15) is 18.4 Å². The number of benzene rings is 2. The van der Waals surface area contributed by atoms with Crippen LogP contribution in [0.4, 0.5) is 14.5 Å². The first-order valence-corrected chi connectivity index (χ1v) is 8.11. The molecule has 0 saturated carbocycles. The van der Waals surface area contributed by atoms with Crippen LogP contribution in [0, 0.1) is 11.3 Å². The molecule has 2 aromatic carbocycles. The molecule has 0 aliphatic rings. The number of carbonyl (C=O) groups excluding carboxylic acids is 2. The second-order valence-electron chi connectivity index (χ2n) is 5.29. The van der Waals surface area contributed by atoms with Gasteiger partial charge in [-0.3, -0.25) is 4.79 Å². The van der Waals surface area contributed by atoms with E-state index in [1.807, 2.05) is 6.07 Å². The summed E-state index contributed by atoms with van der Waals surface area (Å²) in [7, 11) is 0. The van der Waals surface area contributed by atoms with Crippen LogP contribution in [-0.4, -0.2) is 31.7 Å². The standard InChI is InChI=1S/C19H16F2N2O5/c1-2-26-16-9-13(6-7-15(16)28-19(20)21)18(25)27-11-17(24)23-14-5-3-4-12(8-14)10-22/h3-9,19H,2,11H2,1H3,(H,23,24). The van der Waals surface area contributed by atoms with E-state index in [0.717, 1.165) is 6.07 Å². The molecule has 0 aliphatic heterocycles. The van der Waals surface area contributed by atoms with Gasteiger partial charge in [0.1, 0.15) is 0 Å². The number of rotatable bonds is 8. The van der Waals surface area contributed by atoms with Crippen molar-refractivity contribution in [1.29, 1.82) is 5.26 Å². The molecule has 0 aliphatic carbocycles. The van der Waals surface area contributed by atoms with E-state index in [1.165, 1.54) is 18.2 Å². The minimum Gasteiger partial charge on any atom is -0.490 e. The molecule has 0 unspecified atom stereocenters. The summed E-state index contributed by atoms with van der Waals surface area (Å²) in [6, 6.07) is 11.7. The maximum absolute atomic E-state index is 12.4. The predicted octanol–water partition coefficient (Wildman–Crippen LogP) is 3.35. The summed E-state index contributed by atoms with van der Waals surface area (Å²) in [6.07, 6.45) is 0. The van der Waals surface area contributed by atoms with Crippen LogP contribution in [0.1, 0.15) is 22.8 Å². The van der Waals surface area contributed by atoms with E-state index in [-0.39, 0.29) is 23.7 Å². The van der Waals surface area contributed by atoms with E-state index in [1.54, 1.807) is 25.1 Å². The highest BCUT2D eigenvalue weighted by molar-refractivity contribution is 5.95. The van der Waals surface area contributed by atoms with E-state index in [0.29, 0.717) is 11.3 Å². The van der Waals surface area contributed by atoms with Crippen LogP contribution in [0.15, 0.2) is 42.5 Å². The molecule has 2 aromatic rings. The Bertz CT molecular complexity index is 896. The summed E-state index contributed by atoms with van der Waals surface area (Å²) in [5, 5.41) is 11.3. The fraction of sp³-hybridized carbons (Fsp3) is 0.211. The third-order valence-corrected chi connectivity index (χ3v) is 3.31. The molecule has 0 radical (unpaired) electrons. The first-order valence-electron chi connectivity index (χ1n) is 8.11. The highest BCUT2D eigenvalue weighted by Crippen LogP contribution is 2.30. The van der Waals surface area contributed by atoms with Crippen molar-refractivity contribution >= 4 is 17.6 Å². The average molecular weight is 390 g/mol. The van der Waals surface area contributed by atoms with Crippen molar-refractivity contribution < 1.29 is 32.6 Å². The highest BCUT2D eigenvalue weighted by atomic mass is 19.3. The quantitative estimate of drug-likeness (QED) is 0.694. The maximum Gasteiger partial charge on any atom is 0.387 e. The number of anilines is 1. The molecule has 0 heterocycles. The molecule has 28 heavy (non-hydrogen) atoms. The summed E-state index contributed by atoms with van der Waals surface area (Å²) in [4.78, 5) is 24.0. The van der Waals surface area contributed by atoms with E-state index >= 15 is 0 Å². The van der Waals surface area contributed by atoms with Gasteiger partial charge >= 0.3 is 12.6 Å². The van der Waals surface area contributed by atoms with Crippen LogP contribution in [0.3, 0.4) is 0 Å². The molecule has 2 rings (SSSR count). The average Bonchev–Trinajstić information content (AvgIpc) is 2.67. The fourth-order valence-electron chi connectivity index (χ4n) is 2.17. The minimum atomic E-state index is -3.04. The largest absolute Gasteiger partial charge is 0.490 e. The highest BCUT2D eigenvalue weighted by Gasteiger charge is 2.16. The molecule has 0 saturated heterocycles. The summed E-state index contributed by atoms with van der Waals surface area (Å²) < 4.78 is 39.2. The number of nitrogens with one attached hydrogen (secondary N) is 1. The first-order chi connectivity index (χ1) is 13.4. The van der Waals surface area contributed by atoms with Crippen LogP contribution < -0.4 is 14.8 Å². The van der Waals surface area contributed by atoms with Gasteiger partial charge in [-0.25, -0.2) is 4.79 Å². The van der Waals surface area contributed by atoms with Gasteiger partial charge in [-0.05, 0) is 43.3 Å². The SMILES string of the molecule is CCOc1cc(C(=O)OCC(=O)Nc2cccc(C#N)c2)ccc1OC(F)F. The van der Waals surface area contributed by atoms with Crippen LogP contribution in [-0.2, 0) is 9.53 Å². The van der Waals surface area contributed by atoms with Gasteiger partial charge in [0.15, 0.2) is 18.1 Å². The predicted molar refractivity (Wildman–Crippen MR) is 94.3 cm³/mol. The Morgan fingerprint density at radius 1 is 1.18 bits per heavy atom. The van der Waals surface area contributed by atoms with Gasteiger partial charge in [0.2, 0.25) is 0 Å². The Kier molecular flexibility index (Phi) is 7.28. The Hall–Kier alpha value is -3.67. The van der Waals surface area contributed by atoms with Crippen LogP contribution >= 0.6 is 0 Å². The zero-order chi connectivity index (χ0) is 20.5. The first kappa shape index (κ1) is 20.6. The number of alkyl halides is 2.